The van der Waals surface area contributed by atoms with Crippen molar-refractivity contribution in [3.63, 3.8) is 0 Å². The standard InChI is InChI=1S/C28H28ClFN6O5S/c1-41-27(39)22-21(32-24(25-31-6-9-42-25)33-23(22)19-5-3-16(30)11-20(19)29)14-34-7-8-35-18(12-34)13-36(28(35)40)17-4-2-15(10-17)26(37)38/h3,5-6,9,11-12,15,17,23H,2,4,7-8,10,13-14H2,1H3,(H,32,33)(H,37,38)/t15-,17+,23?/m0/s1. The number of carbonyl (C=O) groups is 3. The zero-order valence-corrected chi connectivity index (χ0v) is 24.2. The van der Waals surface area contributed by atoms with Gasteiger partial charge >= 0.3 is 18.0 Å². The Hall–Kier alpha value is -3.97. The molecule has 6 rings (SSSR count). The Kier molecular flexibility index (Phi) is 7.62. The highest BCUT2D eigenvalue weighted by Crippen LogP contribution is 2.38. The number of halogens is 2. The highest BCUT2D eigenvalue weighted by Gasteiger charge is 2.43. The van der Waals surface area contributed by atoms with Gasteiger partial charge in [-0.15, -0.1) is 11.3 Å². The van der Waals surface area contributed by atoms with Crippen LogP contribution in [0.2, 0.25) is 5.02 Å². The predicted octanol–water partition coefficient (Wildman–Crippen LogP) is 3.60. The first-order valence-corrected chi connectivity index (χ1v) is 14.8. The number of carbonyl (C=O) groups excluding carboxylic acids is 2. The number of carboxylic acids is 1. The number of nitrogens with zero attached hydrogens (tertiary/aromatic N) is 5. The van der Waals surface area contributed by atoms with Crippen LogP contribution in [0.4, 0.5) is 9.18 Å². The number of nitrogens with one attached hydrogen (secondary N) is 1. The van der Waals surface area contributed by atoms with Gasteiger partial charge in [-0.2, -0.15) is 0 Å². The van der Waals surface area contributed by atoms with Crippen LogP contribution in [0.15, 0.2) is 57.9 Å². The highest BCUT2D eigenvalue weighted by atomic mass is 35.5. The summed E-state index contributed by atoms with van der Waals surface area (Å²) < 4.78 is 19.1. The predicted molar refractivity (Wildman–Crippen MR) is 152 cm³/mol. The van der Waals surface area contributed by atoms with Gasteiger partial charge in [0.15, 0.2) is 10.8 Å². The summed E-state index contributed by atoms with van der Waals surface area (Å²) in [6, 6.07) is 2.88. The smallest absolute Gasteiger partial charge is 0.338 e. The average Bonchev–Trinajstić information content (AvgIpc) is 3.73. The molecular formula is C28H28ClFN6O5S. The molecule has 11 nitrogen and oxygen atoms in total. The Bertz CT molecular complexity index is 1530. The molecule has 2 aromatic rings. The topological polar surface area (TPSA) is 128 Å². The van der Waals surface area contributed by atoms with E-state index in [-0.39, 0.29) is 29.2 Å². The minimum Gasteiger partial charge on any atom is -0.481 e. The molecule has 4 aliphatic rings. The monoisotopic (exact) mass is 614 g/mol. The number of methoxy groups -OCH3 is 1. The molecule has 1 saturated carbocycles. The summed E-state index contributed by atoms with van der Waals surface area (Å²) in [4.78, 5) is 52.5. The van der Waals surface area contributed by atoms with Gasteiger partial charge in [0.2, 0.25) is 0 Å². The lowest BCUT2D eigenvalue weighted by Crippen LogP contribution is -2.44. The van der Waals surface area contributed by atoms with Gasteiger partial charge in [0.05, 0.1) is 37.4 Å². The van der Waals surface area contributed by atoms with Crippen molar-refractivity contribution in [2.24, 2.45) is 10.9 Å². The number of ether oxygens (including phenoxy) is 1. The van der Waals surface area contributed by atoms with Crippen LogP contribution < -0.4 is 5.32 Å². The second-order valence-corrected chi connectivity index (χ2v) is 11.8. The number of esters is 1. The van der Waals surface area contributed by atoms with Gasteiger partial charge in [-0.3, -0.25) is 14.7 Å². The van der Waals surface area contributed by atoms with Crippen LogP contribution in [0.3, 0.4) is 0 Å². The molecule has 1 aromatic carbocycles. The van der Waals surface area contributed by atoms with Gasteiger partial charge in [0.1, 0.15) is 11.9 Å². The minimum absolute atomic E-state index is 0.105. The van der Waals surface area contributed by atoms with E-state index in [0.717, 1.165) is 5.70 Å². The van der Waals surface area contributed by atoms with Crippen LogP contribution in [0.25, 0.3) is 0 Å². The van der Waals surface area contributed by atoms with E-state index < -0.39 is 29.7 Å². The van der Waals surface area contributed by atoms with Gasteiger partial charge in [-0.25, -0.2) is 19.0 Å². The first-order chi connectivity index (χ1) is 20.2. The van der Waals surface area contributed by atoms with E-state index in [1.165, 1.54) is 36.6 Å². The SMILES string of the molecule is COC(=O)C1=C(CN2C=C3CN([C@@H]4CC[C@H](C(=O)O)C4)C(=O)N3CC2)NC(c2nccs2)=NC1c1ccc(F)cc1Cl. The van der Waals surface area contributed by atoms with Crippen molar-refractivity contribution in [1.29, 1.82) is 0 Å². The normalized spacial score (nSPS) is 23.9. The summed E-state index contributed by atoms with van der Waals surface area (Å²) in [6.07, 6.45) is 5.24. The van der Waals surface area contributed by atoms with Crippen LogP contribution in [-0.2, 0) is 14.3 Å². The molecule has 1 unspecified atom stereocenters. The summed E-state index contributed by atoms with van der Waals surface area (Å²) in [7, 11) is 1.29. The number of hydrogen-bond acceptors (Lipinski definition) is 9. The first-order valence-electron chi connectivity index (χ1n) is 13.5. The Morgan fingerprint density at radius 3 is 2.81 bits per heavy atom. The maximum Gasteiger partial charge on any atom is 0.338 e. The lowest BCUT2D eigenvalue weighted by molar-refractivity contribution is -0.141. The summed E-state index contributed by atoms with van der Waals surface area (Å²) in [5.41, 5.74) is 2.02. The van der Waals surface area contributed by atoms with Crippen LogP contribution in [0.1, 0.15) is 35.9 Å². The van der Waals surface area contributed by atoms with Crippen molar-refractivity contribution >= 4 is 46.7 Å². The van der Waals surface area contributed by atoms with Crippen molar-refractivity contribution in [2.45, 2.75) is 31.3 Å². The van der Waals surface area contributed by atoms with E-state index in [2.05, 4.69) is 10.3 Å². The van der Waals surface area contributed by atoms with Crippen molar-refractivity contribution < 1.29 is 28.6 Å². The van der Waals surface area contributed by atoms with Crippen LogP contribution in [0, 0.1) is 11.7 Å². The molecule has 4 heterocycles. The summed E-state index contributed by atoms with van der Waals surface area (Å²) in [6.45, 7) is 1.59. The molecule has 3 aliphatic heterocycles. The fourth-order valence-corrected chi connectivity index (χ4v) is 6.86. The summed E-state index contributed by atoms with van der Waals surface area (Å²) in [5.74, 6) is -1.91. The van der Waals surface area contributed by atoms with Crippen LogP contribution >= 0.6 is 22.9 Å². The molecule has 3 atom stereocenters. The number of aromatic nitrogens is 1. The van der Waals surface area contributed by atoms with E-state index >= 15 is 0 Å². The van der Waals surface area contributed by atoms with E-state index in [9.17, 15) is 23.9 Å². The second-order valence-electron chi connectivity index (χ2n) is 10.5. The first kappa shape index (κ1) is 28.2. The third kappa shape index (κ3) is 5.22. The zero-order valence-electron chi connectivity index (χ0n) is 22.6. The molecule has 1 saturated heterocycles. The number of hydrogen-bond donors (Lipinski definition) is 2. The highest BCUT2D eigenvalue weighted by molar-refractivity contribution is 7.11. The molecule has 0 radical (unpaired) electrons. The molecule has 42 heavy (non-hydrogen) atoms. The number of fused-ring (bicyclic) bond motifs is 1. The number of aliphatic carboxylic acids is 1. The fourth-order valence-electron chi connectivity index (χ4n) is 6.01. The average molecular weight is 615 g/mol. The number of carboxylic acid groups (broad SMARTS) is 1. The minimum atomic E-state index is -0.872. The van der Waals surface area contributed by atoms with Gasteiger partial charge in [-0.1, -0.05) is 17.7 Å². The molecule has 2 amide bonds. The number of amides is 2. The molecule has 0 spiro atoms. The third-order valence-corrected chi connectivity index (χ3v) is 9.18. The molecular weight excluding hydrogens is 587 g/mol. The molecule has 1 aliphatic carbocycles. The molecule has 2 N–H and O–H groups in total. The quantitative estimate of drug-likeness (QED) is 0.453. The number of thiazole rings is 1. The number of urea groups is 1. The van der Waals surface area contributed by atoms with Crippen molar-refractivity contribution in [3.8, 4) is 0 Å². The van der Waals surface area contributed by atoms with Crippen molar-refractivity contribution in [2.75, 3.05) is 33.3 Å². The number of rotatable bonds is 7. The number of amidine groups is 1. The summed E-state index contributed by atoms with van der Waals surface area (Å²) in [5, 5.41) is 15.2. The zero-order chi connectivity index (χ0) is 29.5. The van der Waals surface area contributed by atoms with E-state index in [1.807, 2.05) is 16.5 Å². The van der Waals surface area contributed by atoms with Gasteiger partial charge in [-0.05, 0) is 31.4 Å². The fraction of sp³-hybridized carbons (Fsp3) is 0.393. The molecule has 2 fully saturated rings. The maximum absolute atomic E-state index is 13.9. The van der Waals surface area contributed by atoms with Crippen molar-refractivity contribution in [3.05, 3.63) is 74.4 Å². The third-order valence-electron chi connectivity index (χ3n) is 8.08. The van der Waals surface area contributed by atoms with Gasteiger partial charge in [0, 0.05) is 53.2 Å². The number of benzene rings is 1. The molecule has 14 heteroatoms. The Labute approximate surface area is 249 Å². The summed E-state index contributed by atoms with van der Waals surface area (Å²) >= 11 is 7.82. The van der Waals surface area contributed by atoms with Gasteiger partial charge in [0.25, 0.3) is 0 Å². The Morgan fingerprint density at radius 2 is 2.12 bits per heavy atom. The molecule has 220 valence electrons. The molecule has 1 aromatic heterocycles. The van der Waals surface area contributed by atoms with Gasteiger partial charge < -0.3 is 25.0 Å². The number of aliphatic imine (C=N–C) groups is 1. The van der Waals surface area contributed by atoms with Crippen molar-refractivity contribution in [1.82, 2.24) is 25.0 Å². The van der Waals surface area contributed by atoms with Crippen LogP contribution in [0.5, 0.6) is 0 Å². The van der Waals surface area contributed by atoms with Crippen LogP contribution in [-0.4, -0.2) is 87.9 Å². The maximum atomic E-state index is 13.9. The second kappa shape index (κ2) is 11.4. The van der Waals surface area contributed by atoms with E-state index in [4.69, 9.17) is 21.3 Å². The van der Waals surface area contributed by atoms with E-state index in [0.29, 0.717) is 61.0 Å². The lowest BCUT2D eigenvalue weighted by Gasteiger charge is -2.34. The Morgan fingerprint density at radius 1 is 1.29 bits per heavy atom. The Balaban J connectivity index is 1.31. The lowest BCUT2D eigenvalue weighted by atomic mass is 9.95. The van der Waals surface area contributed by atoms with E-state index in [1.54, 1.807) is 16.0 Å². The molecule has 0 bridgehead atoms. The largest absolute Gasteiger partial charge is 0.481 e.